The highest BCUT2D eigenvalue weighted by Crippen LogP contribution is 2.29. The van der Waals surface area contributed by atoms with Crippen LogP contribution in [0.5, 0.6) is 0 Å². The van der Waals surface area contributed by atoms with Crippen molar-refractivity contribution in [1.82, 2.24) is 0 Å². The molecule has 2 rings (SSSR count). The number of benzene rings is 2. The van der Waals surface area contributed by atoms with Gasteiger partial charge in [-0.25, -0.2) is 9.18 Å². The van der Waals surface area contributed by atoms with E-state index >= 15 is 0 Å². The van der Waals surface area contributed by atoms with Crippen molar-refractivity contribution in [2.24, 2.45) is 0 Å². The molecule has 2 nitrogen and oxygen atoms in total. The lowest BCUT2D eigenvalue weighted by molar-refractivity contribution is -0.130. The first kappa shape index (κ1) is 14.6. The van der Waals surface area contributed by atoms with E-state index in [1.165, 1.54) is 30.3 Å². The topological polar surface area (TPSA) is 37.3 Å². The van der Waals surface area contributed by atoms with Gasteiger partial charge < -0.3 is 5.11 Å². The van der Waals surface area contributed by atoms with Crippen molar-refractivity contribution in [3.8, 4) is 0 Å². The Bertz CT molecular complexity index is 679. The Morgan fingerprint density at radius 2 is 1.75 bits per heavy atom. The third-order valence-electron chi connectivity index (χ3n) is 2.67. The van der Waals surface area contributed by atoms with Crippen LogP contribution in [-0.2, 0) is 4.79 Å². The SMILES string of the molecule is O=C(O)/C(=C\c1cccc(Cl)c1Cl)c1ccc(F)cc1. The summed E-state index contributed by atoms with van der Waals surface area (Å²) < 4.78 is 12.9. The third kappa shape index (κ3) is 3.18. The number of hydrogen-bond acceptors (Lipinski definition) is 1. The van der Waals surface area contributed by atoms with Gasteiger partial charge in [0.15, 0.2) is 0 Å². The van der Waals surface area contributed by atoms with E-state index in [1.54, 1.807) is 18.2 Å². The van der Waals surface area contributed by atoms with Gasteiger partial charge in [-0.3, -0.25) is 0 Å². The molecule has 0 aromatic heterocycles. The summed E-state index contributed by atoms with van der Waals surface area (Å²) in [5.41, 5.74) is 0.880. The summed E-state index contributed by atoms with van der Waals surface area (Å²) in [7, 11) is 0. The van der Waals surface area contributed by atoms with Crippen LogP contribution in [0.2, 0.25) is 10.0 Å². The molecule has 0 aliphatic rings. The van der Waals surface area contributed by atoms with Crippen LogP contribution in [0.25, 0.3) is 11.6 Å². The van der Waals surface area contributed by atoms with Crippen LogP contribution in [0.1, 0.15) is 11.1 Å². The lowest BCUT2D eigenvalue weighted by atomic mass is 10.0. The van der Waals surface area contributed by atoms with Gasteiger partial charge in [-0.2, -0.15) is 0 Å². The first-order chi connectivity index (χ1) is 9.49. The molecule has 0 atom stereocenters. The van der Waals surface area contributed by atoms with Gasteiger partial charge in [-0.1, -0.05) is 47.5 Å². The minimum Gasteiger partial charge on any atom is -0.478 e. The highest BCUT2D eigenvalue weighted by atomic mass is 35.5. The van der Waals surface area contributed by atoms with Crippen LogP contribution in [0.3, 0.4) is 0 Å². The van der Waals surface area contributed by atoms with E-state index in [2.05, 4.69) is 0 Å². The van der Waals surface area contributed by atoms with E-state index in [4.69, 9.17) is 23.2 Å². The predicted octanol–water partition coefficient (Wildman–Crippen LogP) is 4.76. The molecule has 0 heterocycles. The van der Waals surface area contributed by atoms with E-state index < -0.39 is 11.8 Å². The van der Waals surface area contributed by atoms with Gasteiger partial charge >= 0.3 is 5.97 Å². The van der Waals surface area contributed by atoms with E-state index in [9.17, 15) is 14.3 Å². The van der Waals surface area contributed by atoms with Crippen LogP contribution < -0.4 is 0 Å². The quantitative estimate of drug-likeness (QED) is 0.655. The molecule has 0 bridgehead atoms. The maximum atomic E-state index is 12.9. The van der Waals surface area contributed by atoms with Crippen molar-refractivity contribution in [3.05, 3.63) is 69.5 Å². The summed E-state index contributed by atoms with van der Waals surface area (Å²) >= 11 is 11.9. The molecule has 0 saturated heterocycles. The van der Waals surface area contributed by atoms with Crippen molar-refractivity contribution in [2.45, 2.75) is 0 Å². The Labute approximate surface area is 125 Å². The summed E-state index contributed by atoms with van der Waals surface area (Å²) in [6, 6.07) is 10.1. The third-order valence-corrected chi connectivity index (χ3v) is 3.50. The molecule has 1 N–H and O–H groups in total. The molecular formula is C15H9Cl2FO2. The molecule has 0 aliphatic carbocycles. The van der Waals surface area contributed by atoms with Gasteiger partial charge in [-0.15, -0.1) is 0 Å². The smallest absolute Gasteiger partial charge is 0.336 e. The maximum Gasteiger partial charge on any atom is 0.336 e. The first-order valence-electron chi connectivity index (χ1n) is 5.64. The fourth-order valence-electron chi connectivity index (χ4n) is 1.69. The minimum atomic E-state index is -1.13. The lowest BCUT2D eigenvalue weighted by Gasteiger charge is -2.05. The Morgan fingerprint density at radius 1 is 1.10 bits per heavy atom. The molecule has 0 saturated carbocycles. The van der Waals surface area contributed by atoms with E-state index in [0.717, 1.165) is 0 Å². The molecular weight excluding hydrogens is 302 g/mol. The highest BCUT2D eigenvalue weighted by Gasteiger charge is 2.12. The number of halogens is 3. The van der Waals surface area contributed by atoms with Crippen molar-refractivity contribution < 1.29 is 14.3 Å². The van der Waals surface area contributed by atoms with E-state index in [0.29, 0.717) is 16.1 Å². The molecule has 0 fully saturated rings. The molecule has 0 amide bonds. The summed E-state index contributed by atoms with van der Waals surface area (Å²) in [6.45, 7) is 0. The van der Waals surface area contributed by atoms with Crippen molar-refractivity contribution >= 4 is 40.8 Å². The van der Waals surface area contributed by atoms with Crippen molar-refractivity contribution in [3.63, 3.8) is 0 Å². The Kier molecular flexibility index (Phi) is 4.42. The Morgan fingerprint density at radius 3 is 2.35 bits per heavy atom. The van der Waals surface area contributed by atoms with Gasteiger partial charge in [-0.05, 0) is 35.4 Å². The average Bonchev–Trinajstić information content (AvgIpc) is 2.41. The number of aliphatic carboxylic acids is 1. The fraction of sp³-hybridized carbons (Fsp3) is 0. The molecule has 102 valence electrons. The second-order valence-corrected chi connectivity index (χ2v) is 4.80. The molecule has 0 unspecified atom stereocenters. The molecule has 0 radical (unpaired) electrons. The van der Waals surface area contributed by atoms with E-state index in [1.807, 2.05) is 0 Å². The van der Waals surface area contributed by atoms with Crippen LogP contribution in [0.4, 0.5) is 4.39 Å². The summed E-state index contributed by atoms with van der Waals surface area (Å²) in [6.07, 6.45) is 1.41. The zero-order valence-corrected chi connectivity index (χ0v) is 11.6. The number of carboxylic acid groups (broad SMARTS) is 1. The van der Waals surface area contributed by atoms with Crippen LogP contribution >= 0.6 is 23.2 Å². The lowest BCUT2D eigenvalue weighted by Crippen LogP contribution is -2.00. The number of rotatable bonds is 3. The fourth-order valence-corrected chi connectivity index (χ4v) is 2.05. The van der Waals surface area contributed by atoms with Gasteiger partial charge in [0.25, 0.3) is 0 Å². The van der Waals surface area contributed by atoms with Gasteiger partial charge in [0, 0.05) is 0 Å². The highest BCUT2D eigenvalue weighted by molar-refractivity contribution is 6.43. The second kappa shape index (κ2) is 6.07. The number of hydrogen-bond donors (Lipinski definition) is 1. The van der Waals surface area contributed by atoms with Crippen LogP contribution in [0.15, 0.2) is 42.5 Å². The molecule has 2 aromatic carbocycles. The zero-order chi connectivity index (χ0) is 14.7. The maximum absolute atomic E-state index is 12.9. The Hall–Kier alpha value is -1.84. The normalized spacial score (nSPS) is 11.4. The molecule has 2 aromatic rings. The summed E-state index contributed by atoms with van der Waals surface area (Å²) in [5, 5.41) is 9.89. The zero-order valence-electron chi connectivity index (χ0n) is 10.1. The van der Waals surface area contributed by atoms with E-state index in [-0.39, 0.29) is 10.6 Å². The average molecular weight is 311 g/mol. The summed E-state index contributed by atoms with van der Waals surface area (Å²) in [4.78, 5) is 11.3. The van der Waals surface area contributed by atoms with Crippen molar-refractivity contribution in [2.75, 3.05) is 0 Å². The molecule has 5 heteroatoms. The monoisotopic (exact) mass is 310 g/mol. The van der Waals surface area contributed by atoms with Gasteiger partial charge in [0.1, 0.15) is 5.82 Å². The van der Waals surface area contributed by atoms with Gasteiger partial charge in [0.2, 0.25) is 0 Å². The van der Waals surface area contributed by atoms with Crippen molar-refractivity contribution in [1.29, 1.82) is 0 Å². The number of carbonyl (C=O) groups is 1. The molecule has 0 spiro atoms. The predicted molar refractivity (Wildman–Crippen MR) is 78.4 cm³/mol. The van der Waals surface area contributed by atoms with Gasteiger partial charge in [0.05, 0.1) is 15.6 Å². The second-order valence-electron chi connectivity index (χ2n) is 4.01. The summed E-state index contributed by atoms with van der Waals surface area (Å²) in [5.74, 6) is -1.56. The molecule has 20 heavy (non-hydrogen) atoms. The standard InChI is InChI=1S/C15H9Cl2FO2/c16-13-3-1-2-10(14(13)17)8-12(15(19)20)9-4-6-11(18)7-5-9/h1-8H,(H,19,20)/b12-8-. The number of carboxylic acids is 1. The van der Waals surface area contributed by atoms with Crippen LogP contribution in [0, 0.1) is 5.82 Å². The minimum absolute atomic E-state index is 0.00849. The molecule has 0 aliphatic heterocycles. The van der Waals surface area contributed by atoms with Crippen LogP contribution in [-0.4, -0.2) is 11.1 Å². The largest absolute Gasteiger partial charge is 0.478 e. The Balaban J connectivity index is 2.53. The first-order valence-corrected chi connectivity index (χ1v) is 6.39.